The first-order valence-corrected chi connectivity index (χ1v) is 8.74. The van der Waals surface area contributed by atoms with E-state index < -0.39 is 11.7 Å². The molecule has 0 aliphatic rings. The summed E-state index contributed by atoms with van der Waals surface area (Å²) in [6.07, 6.45) is -0.569. The zero-order valence-electron chi connectivity index (χ0n) is 15.1. The van der Waals surface area contributed by atoms with Gasteiger partial charge < -0.3 is 14.6 Å². The van der Waals surface area contributed by atoms with Crippen LogP contribution in [0.5, 0.6) is 5.75 Å². The summed E-state index contributed by atoms with van der Waals surface area (Å²) in [5.41, 5.74) is 2.19. The lowest BCUT2D eigenvalue weighted by atomic mass is 9.80. The van der Waals surface area contributed by atoms with Crippen molar-refractivity contribution in [3.05, 3.63) is 102 Å². The molecule has 26 heavy (non-hydrogen) atoms. The van der Waals surface area contributed by atoms with Gasteiger partial charge in [-0.25, -0.2) is 0 Å². The molecule has 3 nitrogen and oxygen atoms in total. The Kier molecular flexibility index (Phi) is 5.71. The molecule has 3 aromatic rings. The zero-order chi connectivity index (χ0) is 18.4. The summed E-state index contributed by atoms with van der Waals surface area (Å²) in [6, 6.07) is 28.1. The average Bonchev–Trinajstić information content (AvgIpc) is 2.70. The van der Waals surface area contributed by atoms with Crippen LogP contribution in [-0.4, -0.2) is 24.9 Å². The van der Waals surface area contributed by atoms with Gasteiger partial charge in [0, 0.05) is 0 Å². The highest BCUT2D eigenvalue weighted by Gasteiger charge is 2.37. The van der Waals surface area contributed by atoms with Gasteiger partial charge in [-0.2, -0.15) is 0 Å². The number of benzene rings is 3. The SMILES string of the molecule is COc1ccc(C(OC[C@@H](C)O)(c2ccccc2)c2ccccc2)cc1. The van der Waals surface area contributed by atoms with E-state index in [1.54, 1.807) is 14.0 Å². The van der Waals surface area contributed by atoms with Crippen LogP contribution in [0, 0.1) is 0 Å². The molecular formula is C23H24O3. The lowest BCUT2D eigenvalue weighted by molar-refractivity contribution is -0.0325. The van der Waals surface area contributed by atoms with Crippen LogP contribution in [-0.2, 0) is 10.3 Å². The molecule has 0 unspecified atom stereocenters. The van der Waals surface area contributed by atoms with Gasteiger partial charge in [-0.3, -0.25) is 0 Å². The molecule has 134 valence electrons. The molecular weight excluding hydrogens is 324 g/mol. The molecule has 0 amide bonds. The van der Waals surface area contributed by atoms with E-state index in [2.05, 4.69) is 24.3 Å². The van der Waals surface area contributed by atoms with Crippen LogP contribution in [0.15, 0.2) is 84.9 Å². The van der Waals surface area contributed by atoms with Gasteiger partial charge in [0.2, 0.25) is 0 Å². The fourth-order valence-corrected chi connectivity index (χ4v) is 3.17. The highest BCUT2D eigenvalue weighted by atomic mass is 16.5. The van der Waals surface area contributed by atoms with E-state index >= 15 is 0 Å². The van der Waals surface area contributed by atoms with Gasteiger partial charge in [0.05, 0.1) is 19.8 Å². The summed E-state index contributed by atoms with van der Waals surface area (Å²) in [6.45, 7) is 1.95. The van der Waals surface area contributed by atoms with E-state index in [9.17, 15) is 5.11 Å². The molecule has 0 radical (unpaired) electrons. The monoisotopic (exact) mass is 348 g/mol. The van der Waals surface area contributed by atoms with Gasteiger partial charge in [0.1, 0.15) is 11.4 Å². The van der Waals surface area contributed by atoms with E-state index in [1.807, 2.05) is 60.7 Å². The van der Waals surface area contributed by atoms with Gasteiger partial charge >= 0.3 is 0 Å². The molecule has 0 saturated heterocycles. The van der Waals surface area contributed by atoms with Crippen LogP contribution in [0.2, 0.25) is 0 Å². The number of aliphatic hydroxyl groups is 1. The van der Waals surface area contributed by atoms with Gasteiger partial charge in [0.25, 0.3) is 0 Å². The standard InChI is InChI=1S/C23H24O3/c1-18(24)17-26-23(19-9-5-3-6-10-19,20-11-7-4-8-12-20)21-13-15-22(25-2)16-14-21/h3-16,18,24H,17H2,1-2H3/t18-/m1/s1. The molecule has 0 saturated carbocycles. The van der Waals surface area contributed by atoms with Gasteiger partial charge in [-0.05, 0) is 35.7 Å². The molecule has 0 spiro atoms. The highest BCUT2D eigenvalue weighted by molar-refractivity contribution is 5.48. The van der Waals surface area contributed by atoms with Crippen molar-refractivity contribution in [2.45, 2.75) is 18.6 Å². The normalized spacial score (nSPS) is 12.6. The first-order valence-electron chi connectivity index (χ1n) is 8.74. The lowest BCUT2D eigenvalue weighted by Crippen LogP contribution is -2.35. The van der Waals surface area contributed by atoms with Crippen LogP contribution in [0.25, 0.3) is 0 Å². The van der Waals surface area contributed by atoms with Gasteiger partial charge in [-0.1, -0.05) is 72.8 Å². The topological polar surface area (TPSA) is 38.7 Å². The fraction of sp³-hybridized carbons (Fsp3) is 0.217. The predicted molar refractivity (Wildman–Crippen MR) is 103 cm³/mol. The number of methoxy groups -OCH3 is 1. The van der Waals surface area contributed by atoms with Gasteiger partial charge in [-0.15, -0.1) is 0 Å². The molecule has 1 N–H and O–H groups in total. The molecule has 0 aliphatic carbocycles. The zero-order valence-corrected chi connectivity index (χ0v) is 15.1. The molecule has 3 aromatic carbocycles. The second-order valence-electron chi connectivity index (χ2n) is 6.30. The number of rotatable bonds is 7. The number of ether oxygens (including phenoxy) is 2. The largest absolute Gasteiger partial charge is 0.497 e. The summed E-state index contributed by atoms with van der Waals surface area (Å²) in [5, 5.41) is 9.89. The Hall–Kier alpha value is -2.62. The Morgan fingerprint density at radius 3 is 1.65 bits per heavy atom. The Morgan fingerprint density at radius 1 is 0.769 bits per heavy atom. The number of hydrogen-bond donors (Lipinski definition) is 1. The maximum absolute atomic E-state index is 9.89. The molecule has 0 fully saturated rings. The molecule has 0 aromatic heterocycles. The molecule has 3 rings (SSSR count). The van der Waals surface area contributed by atoms with E-state index in [0.717, 1.165) is 22.4 Å². The van der Waals surface area contributed by atoms with Crippen molar-refractivity contribution in [1.29, 1.82) is 0 Å². The summed E-state index contributed by atoms with van der Waals surface area (Å²) in [4.78, 5) is 0. The van der Waals surface area contributed by atoms with E-state index in [-0.39, 0.29) is 6.61 Å². The van der Waals surface area contributed by atoms with E-state index in [4.69, 9.17) is 9.47 Å². The molecule has 0 bridgehead atoms. The number of aliphatic hydroxyl groups excluding tert-OH is 1. The maximum atomic E-state index is 9.89. The van der Waals surface area contributed by atoms with Crippen LogP contribution in [0.3, 0.4) is 0 Å². The summed E-state index contributed by atoms with van der Waals surface area (Å²) in [5.74, 6) is 0.791. The van der Waals surface area contributed by atoms with Crippen LogP contribution in [0.4, 0.5) is 0 Å². The van der Waals surface area contributed by atoms with Crippen molar-refractivity contribution in [3.8, 4) is 5.75 Å². The first-order chi connectivity index (χ1) is 12.7. The van der Waals surface area contributed by atoms with E-state index in [1.165, 1.54) is 0 Å². The van der Waals surface area contributed by atoms with Crippen LogP contribution >= 0.6 is 0 Å². The molecule has 0 aliphatic heterocycles. The molecule has 1 atom stereocenters. The number of hydrogen-bond acceptors (Lipinski definition) is 3. The Labute approximate surface area is 154 Å². The lowest BCUT2D eigenvalue weighted by Gasteiger charge is -2.36. The van der Waals surface area contributed by atoms with Crippen LogP contribution in [0.1, 0.15) is 23.6 Å². The smallest absolute Gasteiger partial charge is 0.143 e. The minimum atomic E-state index is -0.814. The van der Waals surface area contributed by atoms with Crippen molar-refractivity contribution in [2.75, 3.05) is 13.7 Å². The minimum Gasteiger partial charge on any atom is -0.497 e. The summed E-state index contributed by atoms with van der Waals surface area (Å²) < 4.78 is 11.7. The van der Waals surface area contributed by atoms with Crippen molar-refractivity contribution < 1.29 is 14.6 Å². The Bertz CT molecular complexity index is 756. The Balaban J connectivity index is 2.23. The average molecular weight is 348 g/mol. The summed E-state index contributed by atoms with van der Waals surface area (Å²) in [7, 11) is 1.65. The molecule has 3 heteroatoms. The van der Waals surface area contributed by atoms with Crippen LogP contribution < -0.4 is 4.74 Å². The third-order valence-electron chi connectivity index (χ3n) is 4.40. The third kappa shape index (κ3) is 3.64. The minimum absolute atomic E-state index is 0.218. The first kappa shape index (κ1) is 18.2. The second-order valence-corrected chi connectivity index (χ2v) is 6.30. The van der Waals surface area contributed by atoms with Crippen molar-refractivity contribution in [2.24, 2.45) is 0 Å². The van der Waals surface area contributed by atoms with Crippen molar-refractivity contribution >= 4 is 0 Å². The predicted octanol–water partition coefficient (Wildman–Crippen LogP) is 4.38. The quantitative estimate of drug-likeness (QED) is 0.644. The van der Waals surface area contributed by atoms with Crippen molar-refractivity contribution in [3.63, 3.8) is 0 Å². The highest BCUT2D eigenvalue weighted by Crippen LogP contribution is 2.41. The van der Waals surface area contributed by atoms with E-state index in [0.29, 0.717) is 0 Å². The second kappa shape index (κ2) is 8.17. The maximum Gasteiger partial charge on any atom is 0.143 e. The fourth-order valence-electron chi connectivity index (χ4n) is 3.17. The van der Waals surface area contributed by atoms with Gasteiger partial charge in [0.15, 0.2) is 0 Å². The molecule has 0 heterocycles. The third-order valence-corrected chi connectivity index (χ3v) is 4.40. The van der Waals surface area contributed by atoms with Crippen molar-refractivity contribution in [1.82, 2.24) is 0 Å². The Morgan fingerprint density at radius 2 is 1.23 bits per heavy atom. The summed E-state index contributed by atoms with van der Waals surface area (Å²) >= 11 is 0.